The summed E-state index contributed by atoms with van der Waals surface area (Å²) in [5, 5.41) is 8.53. The van der Waals surface area contributed by atoms with E-state index in [1.54, 1.807) is 6.92 Å². The zero-order valence-electron chi connectivity index (χ0n) is 10.5. The Balaban J connectivity index is 3.09. The Morgan fingerprint density at radius 2 is 2.05 bits per heavy atom. The minimum Gasteiger partial charge on any atom is -0.478 e. The number of sulfonamides is 1. The maximum absolute atomic E-state index is 12.0. The van der Waals surface area contributed by atoms with Gasteiger partial charge in [0.05, 0.1) is 17.2 Å². The number of carboxylic acid groups (broad SMARTS) is 1. The molecule has 0 fully saturated rings. The minimum absolute atomic E-state index is 0.0306. The molecule has 0 saturated carbocycles. The van der Waals surface area contributed by atoms with Crippen LogP contribution in [0.5, 0.6) is 0 Å². The molecular formula is C11H13Cl2NO5S. The molecule has 0 aliphatic heterocycles. The van der Waals surface area contributed by atoms with Crippen molar-refractivity contribution in [3.05, 3.63) is 27.7 Å². The molecule has 0 aliphatic rings. The molecule has 0 unspecified atom stereocenters. The third kappa shape index (κ3) is 4.32. The van der Waals surface area contributed by atoms with Gasteiger partial charge in [-0.1, -0.05) is 23.2 Å². The van der Waals surface area contributed by atoms with E-state index < -0.39 is 16.0 Å². The number of ether oxygens (including phenoxy) is 1. The molecule has 0 heterocycles. The number of hydrogen-bond donors (Lipinski definition) is 2. The molecule has 0 amide bonds. The lowest BCUT2D eigenvalue weighted by molar-refractivity contribution is 0.0697. The molecule has 0 aliphatic carbocycles. The van der Waals surface area contributed by atoms with E-state index in [2.05, 4.69) is 4.72 Å². The van der Waals surface area contributed by atoms with Crippen molar-refractivity contribution in [2.75, 3.05) is 19.8 Å². The summed E-state index contributed by atoms with van der Waals surface area (Å²) < 4.78 is 31.3. The van der Waals surface area contributed by atoms with Crippen molar-refractivity contribution in [3.8, 4) is 0 Å². The van der Waals surface area contributed by atoms with Gasteiger partial charge in [0.1, 0.15) is 4.90 Å². The Morgan fingerprint density at radius 3 is 2.60 bits per heavy atom. The molecule has 2 N–H and O–H groups in total. The summed E-state index contributed by atoms with van der Waals surface area (Å²) in [6.45, 7) is 2.48. The Morgan fingerprint density at radius 1 is 1.40 bits per heavy atom. The van der Waals surface area contributed by atoms with Gasteiger partial charge in [-0.05, 0) is 19.1 Å². The van der Waals surface area contributed by atoms with Gasteiger partial charge in [0.2, 0.25) is 10.0 Å². The van der Waals surface area contributed by atoms with E-state index in [9.17, 15) is 13.2 Å². The number of halogens is 2. The average Bonchev–Trinajstić information content (AvgIpc) is 2.36. The van der Waals surface area contributed by atoms with Gasteiger partial charge in [-0.3, -0.25) is 0 Å². The summed E-state index contributed by atoms with van der Waals surface area (Å²) in [6.07, 6.45) is 0. The number of aromatic carboxylic acids is 1. The van der Waals surface area contributed by atoms with Crippen LogP contribution in [0, 0.1) is 0 Å². The third-order valence-corrected chi connectivity index (χ3v) is 4.49. The normalized spacial score (nSPS) is 11.6. The van der Waals surface area contributed by atoms with Gasteiger partial charge >= 0.3 is 5.97 Å². The fourth-order valence-electron chi connectivity index (χ4n) is 1.39. The number of rotatable bonds is 7. The highest BCUT2D eigenvalue weighted by Gasteiger charge is 2.23. The van der Waals surface area contributed by atoms with E-state index >= 15 is 0 Å². The number of hydrogen-bond acceptors (Lipinski definition) is 4. The molecule has 1 rings (SSSR count). The SMILES string of the molecule is CCOCCNS(=O)(=O)c1cc(Cl)cc(C(=O)O)c1Cl. The van der Waals surface area contributed by atoms with E-state index in [0.717, 1.165) is 12.1 Å². The van der Waals surface area contributed by atoms with Crippen LogP contribution in [0.2, 0.25) is 10.0 Å². The van der Waals surface area contributed by atoms with Crippen molar-refractivity contribution in [2.24, 2.45) is 0 Å². The molecule has 1 aromatic rings. The molecular weight excluding hydrogens is 329 g/mol. The topological polar surface area (TPSA) is 92.7 Å². The van der Waals surface area contributed by atoms with Crippen LogP contribution >= 0.6 is 23.2 Å². The van der Waals surface area contributed by atoms with E-state index in [1.807, 2.05) is 0 Å². The fourth-order valence-corrected chi connectivity index (χ4v) is 3.30. The first-order valence-corrected chi connectivity index (χ1v) is 7.83. The highest BCUT2D eigenvalue weighted by Crippen LogP contribution is 2.29. The zero-order chi connectivity index (χ0) is 15.3. The summed E-state index contributed by atoms with van der Waals surface area (Å²) in [5.74, 6) is -1.36. The summed E-state index contributed by atoms with van der Waals surface area (Å²) in [6, 6.07) is 2.19. The molecule has 1 aromatic carbocycles. The van der Waals surface area contributed by atoms with Crippen molar-refractivity contribution >= 4 is 39.2 Å². The van der Waals surface area contributed by atoms with Gasteiger partial charge in [-0.15, -0.1) is 0 Å². The number of nitrogens with one attached hydrogen (secondary N) is 1. The van der Waals surface area contributed by atoms with E-state index in [4.69, 9.17) is 33.0 Å². The first kappa shape index (κ1) is 17.2. The van der Waals surface area contributed by atoms with E-state index in [0.29, 0.717) is 6.61 Å². The lowest BCUT2D eigenvalue weighted by Gasteiger charge is -2.10. The van der Waals surface area contributed by atoms with Crippen LogP contribution in [0.4, 0.5) is 0 Å². The van der Waals surface area contributed by atoms with E-state index in [1.165, 1.54) is 0 Å². The molecule has 112 valence electrons. The highest BCUT2D eigenvalue weighted by molar-refractivity contribution is 7.89. The minimum atomic E-state index is -3.96. The lowest BCUT2D eigenvalue weighted by Crippen LogP contribution is -2.28. The summed E-state index contributed by atoms with van der Waals surface area (Å²) in [7, 11) is -3.96. The molecule has 20 heavy (non-hydrogen) atoms. The van der Waals surface area contributed by atoms with Crippen molar-refractivity contribution in [1.82, 2.24) is 4.72 Å². The predicted molar refractivity (Wildman–Crippen MR) is 75.1 cm³/mol. The third-order valence-electron chi connectivity index (χ3n) is 2.27. The number of carboxylic acids is 1. The van der Waals surface area contributed by atoms with Crippen molar-refractivity contribution in [2.45, 2.75) is 11.8 Å². The quantitative estimate of drug-likeness (QED) is 0.740. The second kappa shape index (κ2) is 7.24. The summed E-state index contributed by atoms with van der Waals surface area (Å²) in [5.41, 5.74) is -0.371. The van der Waals surface area contributed by atoms with Crippen molar-refractivity contribution < 1.29 is 23.1 Å². The van der Waals surface area contributed by atoms with E-state index in [-0.39, 0.29) is 33.7 Å². The second-order valence-corrected chi connectivity index (χ2v) is 6.22. The molecule has 0 aromatic heterocycles. The second-order valence-electron chi connectivity index (χ2n) is 3.67. The highest BCUT2D eigenvalue weighted by atomic mass is 35.5. The largest absolute Gasteiger partial charge is 0.478 e. The van der Waals surface area contributed by atoms with Gasteiger partial charge in [-0.25, -0.2) is 17.9 Å². The van der Waals surface area contributed by atoms with Crippen LogP contribution in [-0.2, 0) is 14.8 Å². The number of benzene rings is 1. The fraction of sp³-hybridized carbons (Fsp3) is 0.364. The van der Waals surface area contributed by atoms with Crippen molar-refractivity contribution in [1.29, 1.82) is 0 Å². The summed E-state index contributed by atoms with van der Waals surface area (Å²) >= 11 is 11.5. The maximum atomic E-state index is 12.0. The van der Waals surface area contributed by atoms with Crippen LogP contribution in [0.25, 0.3) is 0 Å². The maximum Gasteiger partial charge on any atom is 0.337 e. The molecule has 0 radical (unpaired) electrons. The first-order chi connectivity index (χ1) is 9.29. The predicted octanol–water partition coefficient (Wildman–Crippen LogP) is 2.01. The summed E-state index contributed by atoms with van der Waals surface area (Å²) in [4.78, 5) is 10.6. The lowest BCUT2D eigenvalue weighted by atomic mass is 10.2. The van der Waals surface area contributed by atoms with Crippen LogP contribution in [0.1, 0.15) is 17.3 Å². The molecule has 9 heteroatoms. The average molecular weight is 342 g/mol. The van der Waals surface area contributed by atoms with Gasteiger partial charge < -0.3 is 9.84 Å². The molecule has 0 spiro atoms. The van der Waals surface area contributed by atoms with Crippen LogP contribution in [-0.4, -0.2) is 39.3 Å². The Kier molecular flexibility index (Phi) is 6.22. The first-order valence-electron chi connectivity index (χ1n) is 5.59. The van der Waals surface area contributed by atoms with Crippen LogP contribution in [0.3, 0.4) is 0 Å². The smallest absolute Gasteiger partial charge is 0.337 e. The Bertz CT molecular complexity index is 603. The molecule has 0 atom stereocenters. The van der Waals surface area contributed by atoms with Gasteiger partial charge in [-0.2, -0.15) is 0 Å². The monoisotopic (exact) mass is 341 g/mol. The Hall–Kier alpha value is -0.860. The standard InChI is InChI=1S/C11H13Cl2NO5S/c1-2-19-4-3-14-20(17,18)9-6-7(12)5-8(10(9)13)11(15)16/h5-6,14H,2-4H2,1H3,(H,15,16). The van der Waals surface area contributed by atoms with Crippen LogP contribution in [0.15, 0.2) is 17.0 Å². The van der Waals surface area contributed by atoms with Gasteiger partial charge in [0, 0.05) is 18.2 Å². The van der Waals surface area contributed by atoms with Crippen molar-refractivity contribution in [3.63, 3.8) is 0 Å². The number of carbonyl (C=O) groups is 1. The molecule has 0 bridgehead atoms. The molecule has 0 saturated heterocycles. The molecule has 6 nitrogen and oxygen atoms in total. The van der Waals surface area contributed by atoms with Gasteiger partial charge in [0.25, 0.3) is 0 Å². The van der Waals surface area contributed by atoms with Gasteiger partial charge in [0.15, 0.2) is 0 Å². The van der Waals surface area contributed by atoms with Crippen LogP contribution < -0.4 is 4.72 Å². The zero-order valence-corrected chi connectivity index (χ0v) is 12.8. The Labute approximate surface area is 126 Å².